The molecule has 0 bridgehead atoms. The summed E-state index contributed by atoms with van der Waals surface area (Å²) in [6, 6.07) is 3.64. The highest BCUT2D eigenvalue weighted by Gasteiger charge is 2.41. The van der Waals surface area contributed by atoms with Gasteiger partial charge in [0.15, 0.2) is 5.82 Å². The molecule has 0 unspecified atom stereocenters. The number of hydrogen-bond acceptors (Lipinski definition) is 6. The van der Waals surface area contributed by atoms with E-state index < -0.39 is 0 Å². The van der Waals surface area contributed by atoms with Gasteiger partial charge in [0.2, 0.25) is 5.95 Å². The molecule has 2 aromatic rings. The standard InChI is InChI=1S/C13H18N6O/c14-12-17-10(15-9-13(2-3-13)4-7-20)8-11(18-12)19-6-1-5-16-19/h1,5-6,8,20H,2-4,7,9H2,(H3,14,15,17,18). The fourth-order valence-electron chi connectivity index (χ4n) is 2.27. The molecule has 0 radical (unpaired) electrons. The van der Waals surface area contributed by atoms with Crippen molar-refractivity contribution in [1.82, 2.24) is 19.7 Å². The molecule has 20 heavy (non-hydrogen) atoms. The van der Waals surface area contributed by atoms with Gasteiger partial charge in [-0.3, -0.25) is 0 Å². The summed E-state index contributed by atoms with van der Waals surface area (Å²) in [4.78, 5) is 8.35. The van der Waals surface area contributed by atoms with Gasteiger partial charge in [-0.1, -0.05) is 0 Å². The van der Waals surface area contributed by atoms with Crippen molar-refractivity contribution >= 4 is 11.8 Å². The van der Waals surface area contributed by atoms with Crippen LogP contribution in [0.3, 0.4) is 0 Å². The Morgan fingerprint density at radius 2 is 2.25 bits per heavy atom. The SMILES string of the molecule is Nc1nc(NCC2(CCO)CC2)cc(-n2cccn2)n1. The molecule has 0 saturated heterocycles. The maximum absolute atomic E-state index is 9.07. The van der Waals surface area contributed by atoms with Gasteiger partial charge >= 0.3 is 0 Å². The van der Waals surface area contributed by atoms with Gasteiger partial charge in [0.25, 0.3) is 0 Å². The van der Waals surface area contributed by atoms with E-state index in [-0.39, 0.29) is 18.0 Å². The Morgan fingerprint density at radius 3 is 2.90 bits per heavy atom. The normalized spacial score (nSPS) is 16.1. The van der Waals surface area contributed by atoms with Gasteiger partial charge in [-0.05, 0) is 30.7 Å². The van der Waals surface area contributed by atoms with Crippen LogP contribution in [-0.2, 0) is 0 Å². The number of nitrogens with two attached hydrogens (primary N) is 1. The van der Waals surface area contributed by atoms with Crippen LogP contribution in [0.15, 0.2) is 24.5 Å². The van der Waals surface area contributed by atoms with Crippen LogP contribution in [0.4, 0.5) is 11.8 Å². The van der Waals surface area contributed by atoms with Crippen molar-refractivity contribution in [2.75, 3.05) is 24.2 Å². The minimum Gasteiger partial charge on any atom is -0.396 e. The van der Waals surface area contributed by atoms with E-state index >= 15 is 0 Å². The molecule has 0 atom stereocenters. The Hall–Kier alpha value is -2.15. The average Bonchev–Trinajstić information content (AvgIpc) is 2.99. The van der Waals surface area contributed by atoms with Crippen LogP contribution in [0, 0.1) is 5.41 Å². The number of nitrogens with one attached hydrogen (secondary N) is 1. The quantitative estimate of drug-likeness (QED) is 0.720. The molecular weight excluding hydrogens is 256 g/mol. The fraction of sp³-hybridized carbons (Fsp3) is 0.462. The zero-order valence-corrected chi connectivity index (χ0v) is 11.2. The Labute approximate surface area is 116 Å². The summed E-state index contributed by atoms with van der Waals surface area (Å²) >= 11 is 0. The molecule has 2 heterocycles. The topological polar surface area (TPSA) is 102 Å². The van der Waals surface area contributed by atoms with Gasteiger partial charge in [0.1, 0.15) is 5.82 Å². The van der Waals surface area contributed by atoms with Crippen molar-refractivity contribution in [1.29, 1.82) is 0 Å². The summed E-state index contributed by atoms with van der Waals surface area (Å²) in [5, 5.41) is 16.5. The lowest BCUT2D eigenvalue weighted by molar-refractivity contribution is 0.253. The Morgan fingerprint density at radius 1 is 1.40 bits per heavy atom. The molecule has 7 nitrogen and oxygen atoms in total. The van der Waals surface area contributed by atoms with Crippen LogP contribution in [0.5, 0.6) is 0 Å². The summed E-state index contributed by atoms with van der Waals surface area (Å²) in [5.41, 5.74) is 5.96. The second kappa shape index (κ2) is 5.09. The van der Waals surface area contributed by atoms with Gasteiger partial charge < -0.3 is 16.2 Å². The molecule has 0 aromatic carbocycles. The third-order valence-electron chi connectivity index (χ3n) is 3.71. The smallest absolute Gasteiger partial charge is 0.224 e. The molecule has 7 heteroatoms. The monoisotopic (exact) mass is 274 g/mol. The molecule has 1 aliphatic rings. The van der Waals surface area contributed by atoms with E-state index in [0.717, 1.165) is 25.8 Å². The summed E-state index contributed by atoms with van der Waals surface area (Å²) < 4.78 is 1.64. The van der Waals surface area contributed by atoms with Gasteiger partial charge in [-0.25, -0.2) is 4.68 Å². The Bertz CT molecular complexity index is 579. The van der Waals surface area contributed by atoms with E-state index in [0.29, 0.717) is 11.6 Å². The first-order chi connectivity index (χ1) is 9.71. The Balaban J connectivity index is 1.74. The molecule has 1 aliphatic carbocycles. The van der Waals surface area contributed by atoms with Crippen molar-refractivity contribution in [2.24, 2.45) is 5.41 Å². The van der Waals surface area contributed by atoms with E-state index in [9.17, 15) is 0 Å². The average molecular weight is 274 g/mol. The van der Waals surface area contributed by atoms with Gasteiger partial charge in [-0.15, -0.1) is 0 Å². The van der Waals surface area contributed by atoms with Crippen molar-refractivity contribution in [3.8, 4) is 5.82 Å². The lowest BCUT2D eigenvalue weighted by Crippen LogP contribution is -2.18. The number of rotatable bonds is 6. The number of anilines is 2. The van der Waals surface area contributed by atoms with E-state index in [4.69, 9.17) is 10.8 Å². The number of nitrogen functional groups attached to an aromatic ring is 1. The molecule has 106 valence electrons. The van der Waals surface area contributed by atoms with Crippen molar-refractivity contribution in [3.63, 3.8) is 0 Å². The number of aliphatic hydroxyl groups is 1. The first-order valence-corrected chi connectivity index (χ1v) is 6.70. The molecule has 0 aliphatic heterocycles. The predicted molar refractivity (Wildman–Crippen MR) is 75.4 cm³/mol. The minimum absolute atomic E-state index is 0.215. The molecule has 0 spiro atoms. The highest BCUT2D eigenvalue weighted by atomic mass is 16.3. The zero-order valence-electron chi connectivity index (χ0n) is 11.2. The highest BCUT2D eigenvalue weighted by Crippen LogP contribution is 2.48. The summed E-state index contributed by atoms with van der Waals surface area (Å²) in [7, 11) is 0. The van der Waals surface area contributed by atoms with Crippen molar-refractivity contribution in [2.45, 2.75) is 19.3 Å². The summed E-state index contributed by atoms with van der Waals surface area (Å²) in [5.74, 6) is 1.54. The molecule has 1 fully saturated rings. The minimum atomic E-state index is 0.215. The first-order valence-electron chi connectivity index (χ1n) is 6.70. The largest absolute Gasteiger partial charge is 0.396 e. The van der Waals surface area contributed by atoms with E-state index in [1.165, 1.54) is 0 Å². The van der Waals surface area contributed by atoms with E-state index in [2.05, 4.69) is 20.4 Å². The molecule has 4 N–H and O–H groups in total. The van der Waals surface area contributed by atoms with E-state index in [1.54, 1.807) is 17.1 Å². The second-order valence-electron chi connectivity index (χ2n) is 5.25. The first kappa shape index (κ1) is 12.9. The molecule has 1 saturated carbocycles. The fourth-order valence-corrected chi connectivity index (χ4v) is 2.27. The van der Waals surface area contributed by atoms with Crippen LogP contribution < -0.4 is 11.1 Å². The van der Waals surface area contributed by atoms with Crippen LogP contribution >= 0.6 is 0 Å². The number of hydrogen-bond donors (Lipinski definition) is 3. The third kappa shape index (κ3) is 2.72. The predicted octanol–water partition coefficient (Wildman–Crippen LogP) is 0.819. The zero-order chi connectivity index (χ0) is 14.0. The maximum atomic E-state index is 9.07. The lowest BCUT2D eigenvalue weighted by Gasteiger charge is -2.15. The van der Waals surface area contributed by atoms with Crippen molar-refractivity contribution in [3.05, 3.63) is 24.5 Å². The summed E-state index contributed by atoms with van der Waals surface area (Å²) in [6.45, 7) is 1.02. The maximum Gasteiger partial charge on any atom is 0.224 e. The Kier molecular flexibility index (Phi) is 3.27. The van der Waals surface area contributed by atoms with Crippen LogP contribution in [0.1, 0.15) is 19.3 Å². The van der Waals surface area contributed by atoms with Gasteiger partial charge in [0, 0.05) is 31.6 Å². The van der Waals surface area contributed by atoms with E-state index in [1.807, 2.05) is 12.1 Å². The summed E-state index contributed by atoms with van der Waals surface area (Å²) in [6.07, 6.45) is 6.61. The molecule has 3 rings (SSSR count). The lowest BCUT2D eigenvalue weighted by atomic mass is 10.0. The molecular formula is C13H18N6O. The van der Waals surface area contributed by atoms with Crippen LogP contribution in [-0.4, -0.2) is 38.0 Å². The second-order valence-corrected chi connectivity index (χ2v) is 5.25. The number of aliphatic hydroxyl groups excluding tert-OH is 1. The number of nitrogens with zero attached hydrogens (tertiary/aromatic N) is 4. The van der Waals surface area contributed by atoms with Crippen molar-refractivity contribution < 1.29 is 5.11 Å². The van der Waals surface area contributed by atoms with Gasteiger partial charge in [-0.2, -0.15) is 15.1 Å². The third-order valence-corrected chi connectivity index (χ3v) is 3.71. The van der Waals surface area contributed by atoms with Gasteiger partial charge in [0.05, 0.1) is 0 Å². The molecule has 0 amide bonds. The van der Waals surface area contributed by atoms with Crippen LogP contribution in [0.2, 0.25) is 0 Å². The highest BCUT2D eigenvalue weighted by molar-refractivity contribution is 5.45. The van der Waals surface area contributed by atoms with Crippen LogP contribution in [0.25, 0.3) is 5.82 Å². The molecule has 2 aromatic heterocycles. The number of aromatic nitrogens is 4.